The van der Waals surface area contributed by atoms with E-state index in [1.54, 1.807) is 18.2 Å². The van der Waals surface area contributed by atoms with Gasteiger partial charge < -0.3 is 15.9 Å². The van der Waals surface area contributed by atoms with Crippen molar-refractivity contribution in [3.63, 3.8) is 0 Å². The van der Waals surface area contributed by atoms with E-state index in [9.17, 15) is 0 Å². The number of rotatable bonds is 3. The van der Waals surface area contributed by atoms with Crippen molar-refractivity contribution < 1.29 is 10.2 Å². The van der Waals surface area contributed by atoms with Gasteiger partial charge in [-0.05, 0) is 11.1 Å². The summed E-state index contributed by atoms with van der Waals surface area (Å²) in [6.07, 6.45) is 1.62. The highest BCUT2D eigenvalue weighted by molar-refractivity contribution is 5.68. The van der Waals surface area contributed by atoms with Crippen LogP contribution in [0.2, 0.25) is 0 Å². The van der Waals surface area contributed by atoms with Gasteiger partial charge in [0.05, 0.1) is 13.2 Å². The summed E-state index contributed by atoms with van der Waals surface area (Å²) in [5, 5.41) is 18.0. The Morgan fingerprint density at radius 3 is 2.46 bits per heavy atom. The standard InChI is InChI=1S/C10H13NO2/c1-2-7-3-4-8(5-12)9(6-13)10(7)11/h2-4,12-13H,1,5-6,11H2. The summed E-state index contributed by atoms with van der Waals surface area (Å²) in [5.41, 5.74) is 8.25. The molecule has 0 fully saturated rings. The molecule has 13 heavy (non-hydrogen) atoms. The van der Waals surface area contributed by atoms with E-state index >= 15 is 0 Å². The van der Waals surface area contributed by atoms with Crippen LogP contribution in [0.15, 0.2) is 18.7 Å². The molecule has 1 aromatic rings. The summed E-state index contributed by atoms with van der Waals surface area (Å²) in [5.74, 6) is 0. The minimum Gasteiger partial charge on any atom is -0.398 e. The summed E-state index contributed by atoms with van der Waals surface area (Å²) in [7, 11) is 0. The van der Waals surface area contributed by atoms with Gasteiger partial charge in [-0.25, -0.2) is 0 Å². The molecule has 0 amide bonds. The molecule has 0 saturated heterocycles. The zero-order valence-electron chi connectivity index (χ0n) is 7.33. The molecule has 3 heteroatoms. The van der Waals surface area contributed by atoms with Crippen molar-refractivity contribution in [2.24, 2.45) is 0 Å². The molecular formula is C10H13NO2. The van der Waals surface area contributed by atoms with E-state index in [0.29, 0.717) is 16.8 Å². The van der Waals surface area contributed by atoms with Gasteiger partial charge in [0.2, 0.25) is 0 Å². The highest BCUT2D eigenvalue weighted by Crippen LogP contribution is 2.22. The Labute approximate surface area is 77.1 Å². The van der Waals surface area contributed by atoms with Crippen molar-refractivity contribution in [2.45, 2.75) is 13.2 Å². The number of nitrogens with two attached hydrogens (primary N) is 1. The third-order valence-corrected chi connectivity index (χ3v) is 2.04. The third kappa shape index (κ3) is 1.71. The van der Waals surface area contributed by atoms with Crippen LogP contribution in [0.5, 0.6) is 0 Å². The van der Waals surface area contributed by atoms with Gasteiger partial charge >= 0.3 is 0 Å². The number of nitrogen functional groups attached to an aromatic ring is 1. The van der Waals surface area contributed by atoms with Crippen molar-refractivity contribution in [3.05, 3.63) is 35.4 Å². The van der Waals surface area contributed by atoms with Crippen LogP contribution >= 0.6 is 0 Å². The Morgan fingerprint density at radius 2 is 2.00 bits per heavy atom. The Hall–Kier alpha value is -1.32. The van der Waals surface area contributed by atoms with Crippen LogP contribution in [0.4, 0.5) is 5.69 Å². The van der Waals surface area contributed by atoms with Crippen LogP contribution < -0.4 is 5.73 Å². The largest absolute Gasteiger partial charge is 0.398 e. The number of hydrogen-bond acceptors (Lipinski definition) is 3. The van der Waals surface area contributed by atoms with E-state index in [0.717, 1.165) is 5.56 Å². The van der Waals surface area contributed by atoms with Crippen molar-refractivity contribution in [1.82, 2.24) is 0 Å². The summed E-state index contributed by atoms with van der Waals surface area (Å²) < 4.78 is 0. The Kier molecular flexibility index (Phi) is 3.06. The van der Waals surface area contributed by atoms with Crippen LogP contribution in [-0.2, 0) is 13.2 Å². The van der Waals surface area contributed by atoms with Crippen LogP contribution in [0.3, 0.4) is 0 Å². The van der Waals surface area contributed by atoms with Crippen molar-refractivity contribution >= 4 is 11.8 Å². The highest BCUT2D eigenvalue weighted by Gasteiger charge is 2.07. The number of anilines is 1. The second-order valence-electron chi connectivity index (χ2n) is 2.73. The number of hydrogen-bond donors (Lipinski definition) is 3. The molecule has 70 valence electrons. The zero-order valence-corrected chi connectivity index (χ0v) is 7.33. The Morgan fingerprint density at radius 1 is 1.31 bits per heavy atom. The fourth-order valence-corrected chi connectivity index (χ4v) is 1.24. The first-order valence-electron chi connectivity index (χ1n) is 3.99. The lowest BCUT2D eigenvalue weighted by Gasteiger charge is -2.10. The predicted molar refractivity (Wildman–Crippen MR) is 52.8 cm³/mol. The molecule has 0 heterocycles. The predicted octanol–water partition coefficient (Wildman–Crippen LogP) is 0.896. The molecule has 0 aliphatic rings. The average molecular weight is 179 g/mol. The minimum atomic E-state index is -0.163. The summed E-state index contributed by atoms with van der Waals surface area (Å²) in [4.78, 5) is 0. The first kappa shape index (κ1) is 9.77. The first-order valence-corrected chi connectivity index (χ1v) is 3.99. The maximum Gasteiger partial charge on any atom is 0.0705 e. The van der Waals surface area contributed by atoms with E-state index in [4.69, 9.17) is 15.9 Å². The van der Waals surface area contributed by atoms with E-state index in [2.05, 4.69) is 6.58 Å². The lowest BCUT2D eigenvalue weighted by molar-refractivity contribution is 0.260. The molecule has 0 bridgehead atoms. The van der Waals surface area contributed by atoms with Gasteiger partial charge in [0.1, 0.15) is 0 Å². The quantitative estimate of drug-likeness (QED) is 0.604. The van der Waals surface area contributed by atoms with Crippen molar-refractivity contribution in [3.8, 4) is 0 Å². The topological polar surface area (TPSA) is 66.5 Å². The molecule has 0 aliphatic carbocycles. The van der Waals surface area contributed by atoms with E-state index < -0.39 is 0 Å². The third-order valence-electron chi connectivity index (χ3n) is 2.04. The maximum absolute atomic E-state index is 9.02. The Bertz CT molecular complexity index is 321. The molecular weight excluding hydrogens is 166 g/mol. The number of aliphatic hydroxyl groups is 2. The van der Waals surface area contributed by atoms with Gasteiger partial charge in [-0.15, -0.1) is 0 Å². The van der Waals surface area contributed by atoms with Crippen LogP contribution in [0.1, 0.15) is 16.7 Å². The van der Waals surface area contributed by atoms with Crippen LogP contribution in [0, 0.1) is 0 Å². The smallest absolute Gasteiger partial charge is 0.0705 e. The second-order valence-corrected chi connectivity index (χ2v) is 2.73. The number of benzene rings is 1. The summed E-state index contributed by atoms with van der Waals surface area (Å²) >= 11 is 0. The molecule has 1 rings (SSSR count). The molecule has 4 N–H and O–H groups in total. The van der Waals surface area contributed by atoms with Crippen molar-refractivity contribution in [1.29, 1.82) is 0 Å². The fraction of sp³-hybridized carbons (Fsp3) is 0.200. The lowest BCUT2D eigenvalue weighted by atomic mass is 10.0. The van der Waals surface area contributed by atoms with Crippen LogP contribution in [0.25, 0.3) is 6.08 Å². The van der Waals surface area contributed by atoms with Gasteiger partial charge in [0, 0.05) is 11.3 Å². The molecule has 3 nitrogen and oxygen atoms in total. The van der Waals surface area contributed by atoms with E-state index in [1.165, 1.54) is 0 Å². The molecule has 1 aromatic carbocycles. The van der Waals surface area contributed by atoms with Crippen LogP contribution in [-0.4, -0.2) is 10.2 Å². The molecule has 0 atom stereocenters. The minimum absolute atomic E-state index is 0.114. The SMILES string of the molecule is C=Cc1ccc(CO)c(CO)c1N. The van der Waals surface area contributed by atoms with E-state index in [-0.39, 0.29) is 13.2 Å². The van der Waals surface area contributed by atoms with Gasteiger partial charge in [-0.1, -0.05) is 24.8 Å². The summed E-state index contributed by atoms with van der Waals surface area (Å²) in [6.45, 7) is 3.32. The van der Waals surface area contributed by atoms with Gasteiger partial charge in [0.15, 0.2) is 0 Å². The molecule has 0 saturated carbocycles. The molecule has 0 radical (unpaired) electrons. The maximum atomic E-state index is 9.02. The molecule has 0 aliphatic heterocycles. The molecule has 0 unspecified atom stereocenters. The molecule has 0 aromatic heterocycles. The zero-order chi connectivity index (χ0) is 9.84. The van der Waals surface area contributed by atoms with E-state index in [1.807, 2.05) is 0 Å². The fourth-order valence-electron chi connectivity index (χ4n) is 1.24. The van der Waals surface area contributed by atoms with Gasteiger partial charge in [0.25, 0.3) is 0 Å². The first-order chi connectivity index (χ1) is 6.24. The lowest BCUT2D eigenvalue weighted by Crippen LogP contribution is -2.02. The monoisotopic (exact) mass is 179 g/mol. The molecule has 0 spiro atoms. The highest BCUT2D eigenvalue weighted by atomic mass is 16.3. The summed E-state index contributed by atoms with van der Waals surface area (Å²) in [6, 6.07) is 3.51. The van der Waals surface area contributed by atoms with Gasteiger partial charge in [-0.2, -0.15) is 0 Å². The average Bonchev–Trinajstić information content (AvgIpc) is 2.17. The Balaban J connectivity index is 3.31. The van der Waals surface area contributed by atoms with Gasteiger partial charge in [-0.3, -0.25) is 0 Å². The normalized spacial score (nSPS) is 10.0. The second kappa shape index (κ2) is 4.07. The number of aliphatic hydroxyl groups excluding tert-OH is 2. The van der Waals surface area contributed by atoms with Crippen molar-refractivity contribution in [2.75, 3.05) is 5.73 Å².